The number of carbonyl (C=O) groups excluding carboxylic acids is 3. The molecule has 9 heteroatoms. The van der Waals surface area contributed by atoms with Crippen LogP contribution in [0.2, 0.25) is 0 Å². The number of Topliss-reactive ketones (excluding diaryl/α,β-unsaturated/α-hetero) is 1. The van der Waals surface area contributed by atoms with Crippen molar-refractivity contribution in [2.24, 2.45) is 0 Å². The zero-order chi connectivity index (χ0) is 17.6. The first-order chi connectivity index (χ1) is 10.7. The van der Waals surface area contributed by atoms with E-state index in [0.29, 0.717) is 5.75 Å². The van der Waals surface area contributed by atoms with Gasteiger partial charge in [0.25, 0.3) is 0 Å². The van der Waals surface area contributed by atoms with E-state index in [1.165, 1.54) is 36.7 Å². The number of ether oxygens (including phenoxy) is 2. The van der Waals surface area contributed by atoms with Crippen molar-refractivity contribution in [1.82, 2.24) is 5.32 Å². The van der Waals surface area contributed by atoms with Crippen molar-refractivity contribution in [3.8, 4) is 5.75 Å². The van der Waals surface area contributed by atoms with E-state index in [-0.39, 0.29) is 5.56 Å². The summed E-state index contributed by atoms with van der Waals surface area (Å²) in [5, 5.41) is 1.45. The molecular weight excluding hydrogens is 319 g/mol. The van der Waals surface area contributed by atoms with E-state index in [1.807, 2.05) is 0 Å². The second-order valence-electron chi connectivity index (χ2n) is 4.40. The van der Waals surface area contributed by atoms with Gasteiger partial charge in [-0.3, -0.25) is 9.59 Å². The third-order valence-corrected chi connectivity index (χ3v) is 2.85. The molecule has 0 fully saturated rings. The number of halogens is 3. The van der Waals surface area contributed by atoms with Gasteiger partial charge in [-0.1, -0.05) is 0 Å². The SMILES string of the molecule is COC(=O)[C@@H](CC(=O)c1ccc(OC)cc1)NC(=O)C(F)(F)F. The number of carbonyl (C=O) groups is 3. The van der Waals surface area contributed by atoms with Crippen LogP contribution in [0.1, 0.15) is 16.8 Å². The minimum atomic E-state index is -5.17. The highest BCUT2D eigenvalue weighted by atomic mass is 19.4. The van der Waals surface area contributed by atoms with Crippen molar-refractivity contribution in [3.63, 3.8) is 0 Å². The number of rotatable bonds is 6. The number of hydrogen-bond donors (Lipinski definition) is 1. The first-order valence-corrected chi connectivity index (χ1v) is 6.31. The summed E-state index contributed by atoms with van der Waals surface area (Å²) in [6.07, 6.45) is -5.84. The van der Waals surface area contributed by atoms with Crippen LogP contribution >= 0.6 is 0 Å². The Bertz CT molecular complexity index is 583. The number of esters is 1. The quantitative estimate of drug-likeness (QED) is 0.630. The summed E-state index contributed by atoms with van der Waals surface area (Å²) in [6.45, 7) is 0. The summed E-state index contributed by atoms with van der Waals surface area (Å²) in [6, 6.07) is 4.01. The normalized spacial score (nSPS) is 12.2. The number of benzene rings is 1. The summed E-state index contributed by atoms with van der Waals surface area (Å²) in [5.74, 6) is -3.62. The van der Waals surface area contributed by atoms with Crippen LogP contribution in [0.5, 0.6) is 5.75 Å². The molecule has 126 valence electrons. The number of hydrogen-bond acceptors (Lipinski definition) is 5. The molecule has 0 aliphatic carbocycles. The third-order valence-electron chi connectivity index (χ3n) is 2.85. The topological polar surface area (TPSA) is 81.7 Å². The lowest BCUT2D eigenvalue weighted by Gasteiger charge is -2.17. The van der Waals surface area contributed by atoms with Gasteiger partial charge in [-0.2, -0.15) is 13.2 Å². The first-order valence-electron chi connectivity index (χ1n) is 6.31. The first kappa shape index (κ1) is 18.5. The van der Waals surface area contributed by atoms with Crippen molar-refractivity contribution in [3.05, 3.63) is 29.8 Å². The molecule has 0 bridgehead atoms. The summed E-state index contributed by atoms with van der Waals surface area (Å²) in [7, 11) is 2.36. The fourth-order valence-electron chi connectivity index (χ4n) is 1.66. The lowest BCUT2D eigenvalue weighted by atomic mass is 10.0. The molecule has 0 aliphatic rings. The van der Waals surface area contributed by atoms with Crippen molar-refractivity contribution in [2.45, 2.75) is 18.6 Å². The van der Waals surface area contributed by atoms with E-state index < -0.39 is 36.3 Å². The van der Waals surface area contributed by atoms with Gasteiger partial charge in [0, 0.05) is 12.0 Å². The highest BCUT2D eigenvalue weighted by Crippen LogP contribution is 2.17. The zero-order valence-electron chi connectivity index (χ0n) is 12.3. The second kappa shape index (κ2) is 7.61. The van der Waals surface area contributed by atoms with Gasteiger partial charge in [0.15, 0.2) is 5.78 Å². The average molecular weight is 333 g/mol. The molecule has 1 atom stereocenters. The molecule has 23 heavy (non-hydrogen) atoms. The molecule has 0 aliphatic heterocycles. The molecule has 0 unspecified atom stereocenters. The summed E-state index contributed by atoms with van der Waals surface area (Å²) in [5.41, 5.74) is 0.154. The van der Waals surface area contributed by atoms with Gasteiger partial charge in [-0.05, 0) is 24.3 Å². The number of nitrogens with one attached hydrogen (secondary N) is 1. The van der Waals surface area contributed by atoms with Crippen molar-refractivity contribution < 1.29 is 37.0 Å². The standard InChI is InChI=1S/C14H14F3NO5/c1-22-9-5-3-8(4-6-9)11(19)7-10(12(20)23-2)18-13(21)14(15,16)17/h3-6,10H,7H2,1-2H3,(H,18,21)/t10-/m1/s1. The smallest absolute Gasteiger partial charge is 0.471 e. The molecule has 1 rings (SSSR count). The zero-order valence-corrected chi connectivity index (χ0v) is 12.3. The largest absolute Gasteiger partial charge is 0.497 e. The number of methoxy groups -OCH3 is 2. The number of alkyl halides is 3. The van der Waals surface area contributed by atoms with Crippen molar-refractivity contribution in [2.75, 3.05) is 14.2 Å². The Morgan fingerprint density at radius 3 is 2.13 bits per heavy atom. The van der Waals surface area contributed by atoms with E-state index in [9.17, 15) is 27.6 Å². The van der Waals surface area contributed by atoms with Crippen LogP contribution in [0, 0.1) is 0 Å². The predicted molar refractivity (Wildman–Crippen MR) is 71.9 cm³/mol. The highest BCUT2D eigenvalue weighted by molar-refractivity contribution is 6.00. The van der Waals surface area contributed by atoms with Gasteiger partial charge in [-0.15, -0.1) is 0 Å². The maximum absolute atomic E-state index is 12.3. The molecular formula is C14H14F3NO5. The van der Waals surface area contributed by atoms with Crippen LogP contribution in [-0.4, -0.2) is 44.1 Å². The van der Waals surface area contributed by atoms with Crippen LogP contribution in [0.3, 0.4) is 0 Å². The Morgan fingerprint density at radius 1 is 1.13 bits per heavy atom. The maximum atomic E-state index is 12.3. The van der Waals surface area contributed by atoms with E-state index in [1.54, 1.807) is 0 Å². The van der Waals surface area contributed by atoms with E-state index in [2.05, 4.69) is 4.74 Å². The van der Waals surface area contributed by atoms with Gasteiger partial charge >= 0.3 is 18.1 Å². The number of ketones is 1. The molecule has 0 radical (unpaired) electrons. The van der Waals surface area contributed by atoms with Crippen LogP contribution in [-0.2, 0) is 14.3 Å². The predicted octanol–water partition coefficient (Wildman–Crippen LogP) is 1.49. The molecule has 1 N–H and O–H groups in total. The van der Waals surface area contributed by atoms with Gasteiger partial charge < -0.3 is 14.8 Å². The maximum Gasteiger partial charge on any atom is 0.471 e. The van der Waals surface area contributed by atoms with Crippen molar-refractivity contribution in [1.29, 1.82) is 0 Å². The Morgan fingerprint density at radius 2 is 1.70 bits per heavy atom. The monoisotopic (exact) mass is 333 g/mol. The van der Waals surface area contributed by atoms with Gasteiger partial charge in [0.2, 0.25) is 0 Å². The molecule has 1 aromatic rings. The third kappa shape index (κ3) is 5.28. The summed E-state index contributed by atoms with van der Waals surface area (Å²) < 4.78 is 46.0. The highest BCUT2D eigenvalue weighted by Gasteiger charge is 2.41. The Labute approximate surface area is 129 Å². The molecule has 1 amide bonds. The minimum absolute atomic E-state index is 0.154. The van der Waals surface area contributed by atoms with E-state index in [0.717, 1.165) is 7.11 Å². The molecule has 1 aromatic carbocycles. The Balaban J connectivity index is 2.85. The molecule has 0 saturated carbocycles. The minimum Gasteiger partial charge on any atom is -0.497 e. The van der Waals surface area contributed by atoms with Crippen molar-refractivity contribution >= 4 is 17.7 Å². The van der Waals surface area contributed by atoms with Crippen LogP contribution < -0.4 is 10.1 Å². The lowest BCUT2D eigenvalue weighted by Crippen LogP contribution is -2.48. The Kier molecular flexibility index (Phi) is 6.11. The van der Waals surface area contributed by atoms with Gasteiger partial charge in [0.1, 0.15) is 11.8 Å². The van der Waals surface area contributed by atoms with E-state index >= 15 is 0 Å². The Hall–Kier alpha value is -2.58. The van der Waals surface area contributed by atoms with Crippen LogP contribution in [0.15, 0.2) is 24.3 Å². The van der Waals surface area contributed by atoms with Gasteiger partial charge in [0.05, 0.1) is 14.2 Å². The molecule has 0 spiro atoms. The van der Waals surface area contributed by atoms with Crippen LogP contribution in [0.25, 0.3) is 0 Å². The summed E-state index contributed by atoms with van der Waals surface area (Å²) >= 11 is 0. The molecule has 0 heterocycles. The molecule has 6 nitrogen and oxygen atoms in total. The lowest BCUT2D eigenvalue weighted by molar-refractivity contribution is -0.175. The fraction of sp³-hybridized carbons (Fsp3) is 0.357. The second-order valence-corrected chi connectivity index (χ2v) is 4.40. The molecule has 0 aromatic heterocycles. The summed E-state index contributed by atoms with van der Waals surface area (Å²) in [4.78, 5) is 34.4. The van der Waals surface area contributed by atoms with Crippen LogP contribution in [0.4, 0.5) is 13.2 Å². The fourth-order valence-corrected chi connectivity index (χ4v) is 1.66. The molecule has 0 saturated heterocycles. The van der Waals surface area contributed by atoms with E-state index in [4.69, 9.17) is 4.74 Å². The average Bonchev–Trinajstić information content (AvgIpc) is 2.52. The van der Waals surface area contributed by atoms with Gasteiger partial charge in [-0.25, -0.2) is 4.79 Å². The number of amides is 1.